The Kier molecular flexibility index (Phi) is 6.82. The second kappa shape index (κ2) is 9.94. The summed E-state index contributed by atoms with van der Waals surface area (Å²) in [5.41, 5.74) is 2.98. The monoisotopic (exact) mass is 442 g/mol. The molecule has 0 saturated carbocycles. The van der Waals surface area contributed by atoms with Gasteiger partial charge in [0, 0.05) is 37.7 Å². The van der Waals surface area contributed by atoms with Crippen LogP contribution in [0.1, 0.15) is 42.7 Å². The van der Waals surface area contributed by atoms with Gasteiger partial charge >= 0.3 is 0 Å². The molecule has 1 aliphatic rings. The van der Waals surface area contributed by atoms with Crippen LogP contribution in [-0.4, -0.2) is 45.8 Å². The second-order valence-corrected chi connectivity index (χ2v) is 9.07. The summed E-state index contributed by atoms with van der Waals surface area (Å²) in [5, 5.41) is 3.12. The van der Waals surface area contributed by atoms with Gasteiger partial charge in [0.25, 0.3) is 5.91 Å². The molecule has 33 heavy (non-hydrogen) atoms. The first-order chi connectivity index (χ1) is 16.0. The van der Waals surface area contributed by atoms with E-state index in [1.165, 1.54) is 0 Å². The number of aromatic nitrogens is 2. The molecule has 2 aromatic heterocycles. The van der Waals surface area contributed by atoms with Gasteiger partial charge in [-0.1, -0.05) is 30.3 Å². The largest absolute Gasteiger partial charge is 0.353 e. The van der Waals surface area contributed by atoms with Crippen LogP contribution < -0.4 is 5.32 Å². The molecule has 1 atom stereocenters. The summed E-state index contributed by atoms with van der Waals surface area (Å²) < 4.78 is 0. The van der Waals surface area contributed by atoms with Crippen LogP contribution in [0.15, 0.2) is 73.2 Å². The summed E-state index contributed by atoms with van der Waals surface area (Å²) in [4.78, 5) is 36.8. The number of carbonyl (C=O) groups is 2. The molecule has 0 unspecified atom stereocenters. The lowest BCUT2D eigenvalue weighted by Crippen LogP contribution is -2.55. The molecule has 4 rings (SSSR count). The van der Waals surface area contributed by atoms with Crippen molar-refractivity contribution in [3.63, 3.8) is 0 Å². The van der Waals surface area contributed by atoms with Gasteiger partial charge in [0.05, 0.1) is 5.41 Å². The molecule has 3 aromatic rings. The Morgan fingerprint density at radius 2 is 1.85 bits per heavy atom. The van der Waals surface area contributed by atoms with E-state index in [0.29, 0.717) is 25.2 Å². The number of nitrogens with zero attached hydrogens (tertiary/aromatic N) is 3. The quantitative estimate of drug-likeness (QED) is 0.623. The third-order valence-corrected chi connectivity index (χ3v) is 6.13. The predicted octanol–water partition coefficient (Wildman–Crippen LogP) is 4.13. The van der Waals surface area contributed by atoms with Crippen molar-refractivity contribution < 1.29 is 9.59 Å². The van der Waals surface area contributed by atoms with Crippen molar-refractivity contribution in [2.75, 3.05) is 13.1 Å². The first kappa shape index (κ1) is 22.6. The minimum Gasteiger partial charge on any atom is -0.353 e. The molecule has 2 amide bonds. The van der Waals surface area contributed by atoms with Crippen molar-refractivity contribution in [1.29, 1.82) is 0 Å². The highest BCUT2D eigenvalue weighted by Crippen LogP contribution is 2.36. The number of benzene rings is 1. The van der Waals surface area contributed by atoms with Crippen molar-refractivity contribution in [2.24, 2.45) is 5.41 Å². The molecule has 1 aromatic carbocycles. The average molecular weight is 443 g/mol. The minimum atomic E-state index is -0.691. The molecule has 6 heteroatoms. The highest BCUT2D eigenvalue weighted by Gasteiger charge is 2.44. The fourth-order valence-electron chi connectivity index (χ4n) is 4.58. The van der Waals surface area contributed by atoms with Crippen molar-refractivity contribution in [2.45, 2.75) is 39.2 Å². The number of piperidine rings is 1. The van der Waals surface area contributed by atoms with Crippen LogP contribution in [0.5, 0.6) is 0 Å². The van der Waals surface area contributed by atoms with Crippen LogP contribution in [0.3, 0.4) is 0 Å². The standard InChI is InChI=1S/C27H30N4O2/c1-20(2)30-26(33)27(12-6-16-31(19-27)25(32)24-9-3-4-13-29-24)18-21-7-5-8-23(17-21)22-10-14-28-15-11-22/h3-5,7-11,13-15,17,20H,6,12,16,18-19H2,1-2H3,(H,30,33)/t27-/m0/s1. The molecule has 1 aliphatic heterocycles. The molecule has 0 radical (unpaired) electrons. The molecular weight excluding hydrogens is 412 g/mol. The zero-order chi connectivity index (χ0) is 23.3. The summed E-state index contributed by atoms with van der Waals surface area (Å²) >= 11 is 0. The molecule has 3 heterocycles. The van der Waals surface area contributed by atoms with Crippen molar-refractivity contribution in [3.05, 3.63) is 84.4 Å². The Morgan fingerprint density at radius 3 is 2.58 bits per heavy atom. The van der Waals surface area contributed by atoms with Crippen LogP contribution in [0.4, 0.5) is 0 Å². The van der Waals surface area contributed by atoms with E-state index < -0.39 is 5.41 Å². The van der Waals surface area contributed by atoms with Gasteiger partial charge in [0.2, 0.25) is 5.91 Å². The van der Waals surface area contributed by atoms with Crippen LogP contribution in [0.25, 0.3) is 11.1 Å². The Hall–Kier alpha value is -3.54. The number of pyridine rings is 2. The minimum absolute atomic E-state index is 0.00494. The van der Waals surface area contributed by atoms with E-state index in [2.05, 4.69) is 33.5 Å². The summed E-state index contributed by atoms with van der Waals surface area (Å²) in [7, 11) is 0. The number of amides is 2. The molecule has 170 valence electrons. The van der Waals surface area contributed by atoms with E-state index in [1.807, 2.05) is 38.1 Å². The van der Waals surface area contributed by atoms with E-state index in [1.54, 1.807) is 35.6 Å². The fraction of sp³-hybridized carbons (Fsp3) is 0.333. The second-order valence-electron chi connectivity index (χ2n) is 9.07. The van der Waals surface area contributed by atoms with Crippen LogP contribution in [0, 0.1) is 5.41 Å². The van der Waals surface area contributed by atoms with Gasteiger partial charge in [-0.25, -0.2) is 0 Å². The zero-order valence-electron chi connectivity index (χ0n) is 19.2. The molecule has 1 fully saturated rings. The molecular formula is C27H30N4O2. The lowest BCUT2D eigenvalue weighted by atomic mass is 9.73. The summed E-state index contributed by atoms with van der Waals surface area (Å²) in [6.45, 7) is 4.94. The first-order valence-corrected chi connectivity index (χ1v) is 11.5. The van der Waals surface area contributed by atoms with Gasteiger partial charge in [-0.2, -0.15) is 0 Å². The number of carbonyl (C=O) groups excluding carboxylic acids is 2. The van der Waals surface area contributed by atoms with Gasteiger partial charge in [-0.15, -0.1) is 0 Å². The Morgan fingerprint density at radius 1 is 1.03 bits per heavy atom. The smallest absolute Gasteiger partial charge is 0.272 e. The van der Waals surface area contributed by atoms with Gasteiger partial charge in [-0.05, 0) is 74.1 Å². The number of rotatable bonds is 6. The van der Waals surface area contributed by atoms with E-state index in [9.17, 15) is 9.59 Å². The van der Waals surface area contributed by atoms with Crippen LogP contribution in [-0.2, 0) is 11.2 Å². The number of nitrogens with one attached hydrogen (secondary N) is 1. The maximum absolute atomic E-state index is 13.5. The molecule has 0 aliphatic carbocycles. The van der Waals surface area contributed by atoms with E-state index in [0.717, 1.165) is 29.5 Å². The summed E-state index contributed by atoms with van der Waals surface area (Å²) in [6, 6.07) is 17.6. The Balaban J connectivity index is 1.64. The molecule has 0 bridgehead atoms. The normalized spacial score (nSPS) is 18.2. The van der Waals surface area contributed by atoms with Gasteiger partial charge < -0.3 is 10.2 Å². The van der Waals surface area contributed by atoms with Gasteiger partial charge in [-0.3, -0.25) is 19.6 Å². The first-order valence-electron chi connectivity index (χ1n) is 11.5. The number of likely N-dealkylation sites (tertiary alicyclic amines) is 1. The molecule has 0 spiro atoms. The third-order valence-electron chi connectivity index (χ3n) is 6.13. The summed E-state index contributed by atoms with van der Waals surface area (Å²) in [6.07, 6.45) is 7.26. The number of hydrogen-bond donors (Lipinski definition) is 1. The van der Waals surface area contributed by atoms with Crippen molar-refractivity contribution >= 4 is 11.8 Å². The molecule has 1 N–H and O–H groups in total. The zero-order valence-corrected chi connectivity index (χ0v) is 19.2. The fourth-order valence-corrected chi connectivity index (χ4v) is 4.58. The van der Waals surface area contributed by atoms with Crippen molar-refractivity contribution in [1.82, 2.24) is 20.2 Å². The van der Waals surface area contributed by atoms with Gasteiger partial charge in [0.15, 0.2) is 0 Å². The van der Waals surface area contributed by atoms with Crippen LogP contribution in [0.2, 0.25) is 0 Å². The summed E-state index contributed by atoms with van der Waals surface area (Å²) in [5.74, 6) is -0.118. The third kappa shape index (κ3) is 5.28. The lowest BCUT2D eigenvalue weighted by Gasteiger charge is -2.42. The topological polar surface area (TPSA) is 75.2 Å². The van der Waals surface area contributed by atoms with Crippen LogP contribution >= 0.6 is 0 Å². The highest BCUT2D eigenvalue weighted by atomic mass is 16.2. The maximum atomic E-state index is 13.5. The Bertz CT molecular complexity index is 1100. The lowest BCUT2D eigenvalue weighted by molar-refractivity contribution is -0.134. The van der Waals surface area contributed by atoms with Gasteiger partial charge in [0.1, 0.15) is 5.69 Å². The van der Waals surface area contributed by atoms with E-state index in [4.69, 9.17) is 0 Å². The average Bonchev–Trinajstić information content (AvgIpc) is 2.84. The predicted molar refractivity (Wildman–Crippen MR) is 128 cm³/mol. The van der Waals surface area contributed by atoms with Crippen molar-refractivity contribution in [3.8, 4) is 11.1 Å². The molecule has 6 nitrogen and oxygen atoms in total. The maximum Gasteiger partial charge on any atom is 0.272 e. The molecule has 1 saturated heterocycles. The number of hydrogen-bond acceptors (Lipinski definition) is 4. The highest BCUT2D eigenvalue weighted by molar-refractivity contribution is 5.93. The Labute approximate surface area is 195 Å². The SMILES string of the molecule is CC(C)NC(=O)[C@]1(Cc2cccc(-c3ccncc3)c2)CCCN(C(=O)c2ccccn2)C1. The van der Waals surface area contributed by atoms with E-state index in [-0.39, 0.29) is 17.9 Å². The van der Waals surface area contributed by atoms with E-state index >= 15 is 0 Å².